The molecule has 2 saturated heterocycles. The van der Waals surface area contributed by atoms with E-state index < -0.39 is 0 Å². The van der Waals surface area contributed by atoms with Gasteiger partial charge in [-0.25, -0.2) is 0 Å². The summed E-state index contributed by atoms with van der Waals surface area (Å²) in [6, 6.07) is 10.4. The monoisotopic (exact) mass is 427 g/mol. The average molecular weight is 428 g/mol. The molecule has 2 aromatic rings. The van der Waals surface area contributed by atoms with Crippen LogP contribution in [0.1, 0.15) is 44.1 Å². The highest BCUT2D eigenvalue weighted by molar-refractivity contribution is 7.19. The molecule has 2 aliphatic heterocycles. The van der Waals surface area contributed by atoms with E-state index in [2.05, 4.69) is 32.5 Å². The summed E-state index contributed by atoms with van der Waals surface area (Å²) < 4.78 is 0. The SMILES string of the molecule is O=C(NCCCc1ccccc1)C1CCN(c2nnc(N3CCCCC3=O)s2)CC1. The summed E-state index contributed by atoms with van der Waals surface area (Å²) in [5, 5.41) is 13.2. The van der Waals surface area contributed by atoms with Crippen LogP contribution in [0.25, 0.3) is 0 Å². The maximum Gasteiger partial charge on any atom is 0.228 e. The van der Waals surface area contributed by atoms with E-state index in [0.29, 0.717) is 11.6 Å². The van der Waals surface area contributed by atoms with Gasteiger partial charge in [0.2, 0.25) is 22.1 Å². The van der Waals surface area contributed by atoms with Crippen molar-refractivity contribution in [1.29, 1.82) is 0 Å². The number of hydrogen-bond acceptors (Lipinski definition) is 6. The number of amides is 2. The lowest BCUT2D eigenvalue weighted by Crippen LogP contribution is -2.40. The second kappa shape index (κ2) is 10.0. The Morgan fingerprint density at radius 3 is 2.60 bits per heavy atom. The minimum absolute atomic E-state index is 0.0639. The normalized spacial score (nSPS) is 17.9. The second-order valence-electron chi connectivity index (χ2n) is 8.01. The molecule has 30 heavy (non-hydrogen) atoms. The minimum atomic E-state index is 0.0639. The van der Waals surface area contributed by atoms with Crippen LogP contribution in [0.2, 0.25) is 0 Å². The Morgan fingerprint density at radius 2 is 1.83 bits per heavy atom. The molecule has 0 radical (unpaired) electrons. The zero-order valence-electron chi connectivity index (χ0n) is 17.3. The molecule has 0 aliphatic carbocycles. The van der Waals surface area contributed by atoms with Crippen molar-refractivity contribution in [1.82, 2.24) is 15.5 Å². The number of rotatable bonds is 7. The lowest BCUT2D eigenvalue weighted by Gasteiger charge is -2.30. The summed E-state index contributed by atoms with van der Waals surface area (Å²) in [6.07, 6.45) is 6.16. The van der Waals surface area contributed by atoms with E-state index in [0.717, 1.165) is 69.8 Å². The van der Waals surface area contributed by atoms with Gasteiger partial charge in [0.15, 0.2) is 0 Å². The van der Waals surface area contributed by atoms with Crippen LogP contribution in [-0.4, -0.2) is 48.2 Å². The van der Waals surface area contributed by atoms with E-state index in [1.807, 2.05) is 18.2 Å². The van der Waals surface area contributed by atoms with Crippen molar-refractivity contribution in [3.05, 3.63) is 35.9 Å². The zero-order valence-corrected chi connectivity index (χ0v) is 18.1. The van der Waals surface area contributed by atoms with E-state index in [1.54, 1.807) is 4.90 Å². The van der Waals surface area contributed by atoms with E-state index in [-0.39, 0.29) is 17.7 Å². The molecule has 1 aromatic carbocycles. The van der Waals surface area contributed by atoms with Crippen molar-refractivity contribution >= 4 is 33.4 Å². The number of nitrogens with one attached hydrogen (secondary N) is 1. The number of aromatic nitrogens is 2. The van der Waals surface area contributed by atoms with Gasteiger partial charge >= 0.3 is 0 Å². The third-order valence-electron chi connectivity index (χ3n) is 5.88. The summed E-state index contributed by atoms with van der Waals surface area (Å²) in [4.78, 5) is 28.5. The Balaban J connectivity index is 1.20. The van der Waals surface area contributed by atoms with Crippen molar-refractivity contribution in [3.8, 4) is 0 Å². The molecule has 0 unspecified atom stereocenters. The maximum absolute atomic E-state index is 12.5. The quantitative estimate of drug-likeness (QED) is 0.687. The molecule has 2 amide bonds. The Labute approximate surface area is 181 Å². The Morgan fingerprint density at radius 1 is 1.07 bits per heavy atom. The number of anilines is 2. The fraction of sp³-hybridized carbons (Fsp3) is 0.545. The van der Waals surface area contributed by atoms with Crippen LogP contribution in [0, 0.1) is 5.92 Å². The van der Waals surface area contributed by atoms with Gasteiger partial charge in [0, 0.05) is 38.5 Å². The molecule has 2 fully saturated rings. The third-order valence-corrected chi connectivity index (χ3v) is 6.89. The van der Waals surface area contributed by atoms with Crippen LogP contribution >= 0.6 is 11.3 Å². The summed E-state index contributed by atoms with van der Waals surface area (Å²) in [6.45, 7) is 3.05. The molecule has 1 N–H and O–H groups in total. The zero-order chi connectivity index (χ0) is 20.8. The summed E-state index contributed by atoms with van der Waals surface area (Å²) in [5.74, 6) is 0.375. The predicted molar refractivity (Wildman–Crippen MR) is 119 cm³/mol. The van der Waals surface area contributed by atoms with E-state index >= 15 is 0 Å². The Kier molecular flexibility index (Phi) is 6.94. The fourth-order valence-corrected chi connectivity index (χ4v) is 5.02. The molecular formula is C22H29N5O2S. The van der Waals surface area contributed by atoms with Gasteiger partial charge < -0.3 is 10.2 Å². The van der Waals surface area contributed by atoms with Crippen molar-refractivity contribution in [2.75, 3.05) is 36.0 Å². The number of benzene rings is 1. The summed E-state index contributed by atoms with van der Waals surface area (Å²) in [5.41, 5.74) is 1.31. The summed E-state index contributed by atoms with van der Waals surface area (Å²) >= 11 is 1.48. The van der Waals surface area contributed by atoms with Gasteiger partial charge in [0.1, 0.15) is 0 Å². The number of aryl methyl sites for hydroxylation is 1. The first-order chi connectivity index (χ1) is 14.7. The van der Waals surface area contributed by atoms with Crippen molar-refractivity contribution in [2.45, 2.75) is 44.9 Å². The first-order valence-corrected chi connectivity index (χ1v) is 11.7. The Hall–Kier alpha value is -2.48. The highest BCUT2D eigenvalue weighted by atomic mass is 32.1. The lowest BCUT2D eigenvalue weighted by atomic mass is 9.96. The van der Waals surface area contributed by atoms with Gasteiger partial charge in [-0.2, -0.15) is 0 Å². The molecule has 1 aromatic heterocycles. The molecule has 160 valence electrons. The van der Waals surface area contributed by atoms with Crippen LogP contribution in [0.4, 0.5) is 10.3 Å². The third kappa shape index (κ3) is 5.16. The largest absolute Gasteiger partial charge is 0.356 e. The molecule has 0 saturated carbocycles. The van der Waals surface area contributed by atoms with Gasteiger partial charge in [0.05, 0.1) is 0 Å². The topological polar surface area (TPSA) is 78.4 Å². The number of carbonyl (C=O) groups is 2. The smallest absolute Gasteiger partial charge is 0.228 e. The second-order valence-corrected chi connectivity index (χ2v) is 8.95. The molecule has 0 atom stereocenters. The molecule has 0 spiro atoms. The molecule has 4 rings (SSSR count). The Bertz CT molecular complexity index is 848. The van der Waals surface area contributed by atoms with Crippen molar-refractivity contribution in [3.63, 3.8) is 0 Å². The van der Waals surface area contributed by atoms with E-state index in [9.17, 15) is 9.59 Å². The van der Waals surface area contributed by atoms with Crippen molar-refractivity contribution in [2.24, 2.45) is 5.92 Å². The molecule has 3 heterocycles. The van der Waals surface area contributed by atoms with Gasteiger partial charge in [-0.1, -0.05) is 41.7 Å². The number of piperidine rings is 2. The highest BCUT2D eigenvalue weighted by Crippen LogP contribution is 2.31. The van der Waals surface area contributed by atoms with E-state index in [4.69, 9.17) is 0 Å². The molecule has 8 heteroatoms. The number of carbonyl (C=O) groups excluding carboxylic acids is 2. The van der Waals surface area contributed by atoms with Crippen LogP contribution < -0.4 is 15.1 Å². The van der Waals surface area contributed by atoms with E-state index in [1.165, 1.54) is 16.9 Å². The first-order valence-electron chi connectivity index (χ1n) is 10.9. The number of nitrogens with zero attached hydrogens (tertiary/aromatic N) is 4. The minimum Gasteiger partial charge on any atom is -0.356 e. The molecule has 0 bridgehead atoms. The van der Waals surface area contributed by atoms with Gasteiger partial charge in [0.25, 0.3) is 0 Å². The van der Waals surface area contributed by atoms with Crippen LogP contribution in [0.5, 0.6) is 0 Å². The summed E-state index contributed by atoms with van der Waals surface area (Å²) in [7, 11) is 0. The molecule has 7 nitrogen and oxygen atoms in total. The molecule has 2 aliphatic rings. The predicted octanol–water partition coefficient (Wildman–Crippen LogP) is 3.02. The van der Waals surface area contributed by atoms with Crippen LogP contribution in [0.3, 0.4) is 0 Å². The lowest BCUT2D eigenvalue weighted by molar-refractivity contribution is -0.125. The van der Waals surface area contributed by atoms with Crippen molar-refractivity contribution < 1.29 is 9.59 Å². The fourth-order valence-electron chi connectivity index (χ4n) is 4.08. The van der Waals surface area contributed by atoms with Gasteiger partial charge in [-0.3, -0.25) is 14.5 Å². The average Bonchev–Trinajstić information content (AvgIpc) is 3.28. The van der Waals surface area contributed by atoms with Gasteiger partial charge in [-0.05, 0) is 44.1 Å². The van der Waals surface area contributed by atoms with Crippen LogP contribution in [-0.2, 0) is 16.0 Å². The van der Waals surface area contributed by atoms with Gasteiger partial charge in [-0.15, -0.1) is 10.2 Å². The standard InChI is InChI=1S/C22H29N5O2S/c28-19-10-4-5-14-27(19)22-25-24-21(30-22)26-15-11-18(12-16-26)20(29)23-13-6-9-17-7-2-1-3-8-17/h1-3,7-8,18H,4-6,9-16H2,(H,23,29). The highest BCUT2D eigenvalue weighted by Gasteiger charge is 2.28. The van der Waals surface area contributed by atoms with Crippen LogP contribution in [0.15, 0.2) is 30.3 Å². The number of hydrogen-bond donors (Lipinski definition) is 1. The first kappa shape index (κ1) is 20.8. The molecular weight excluding hydrogens is 398 g/mol. The maximum atomic E-state index is 12.5.